The minimum Gasteiger partial charge on any atom is -0.206 e. The average Bonchev–Trinajstić information content (AvgIpc) is 2.70. The number of allylic oxidation sites excluding steroid dienone is 2. The molecule has 1 nitrogen and oxygen atoms in total. The first kappa shape index (κ1) is 20.0. The number of hydrogen-bond acceptors (Lipinski definition) is 2. The molecule has 0 heterocycles. The van der Waals surface area contributed by atoms with Crippen LogP contribution in [0.25, 0.3) is 0 Å². The SMILES string of the molecule is CCC1CCC(C2CC=C(C#Cc3cc(F)c(SC#N)c(F)c3)CC2)CC1. The van der Waals surface area contributed by atoms with Crippen molar-refractivity contribution in [3.8, 4) is 17.2 Å². The molecule has 4 heteroatoms. The number of thiocyanates is 1. The van der Waals surface area contributed by atoms with Gasteiger partial charge in [-0.3, -0.25) is 0 Å². The van der Waals surface area contributed by atoms with Crippen molar-refractivity contribution in [1.29, 1.82) is 5.26 Å². The standard InChI is InChI=1S/C23H25F2NS/c1-2-16-5-9-19(10-6-16)20-11-7-17(8-12-20)3-4-18-13-21(24)23(27-15-26)22(25)14-18/h7,13-14,16,19-20H,2,5-6,8-12H2,1H3. The molecule has 0 radical (unpaired) electrons. The molecular weight excluding hydrogens is 360 g/mol. The highest BCUT2D eigenvalue weighted by atomic mass is 32.2. The summed E-state index contributed by atoms with van der Waals surface area (Å²) in [5.74, 6) is 7.07. The Bertz CT molecular complexity index is 781. The summed E-state index contributed by atoms with van der Waals surface area (Å²) in [6, 6.07) is 2.41. The highest BCUT2D eigenvalue weighted by molar-refractivity contribution is 8.03. The molecule has 3 rings (SSSR count). The molecule has 27 heavy (non-hydrogen) atoms. The number of thioether (sulfide) groups is 1. The van der Waals surface area contributed by atoms with Crippen molar-refractivity contribution in [1.82, 2.24) is 0 Å². The lowest BCUT2D eigenvalue weighted by molar-refractivity contribution is 0.190. The van der Waals surface area contributed by atoms with Gasteiger partial charge in [-0.2, -0.15) is 5.26 Å². The Balaban J connectivity index is 1.61. The molecule has 0 aliphatic heterocycles. The van der Waals surface area contributed by atoms with Gasteiger partial charge in [0.25, 0.3) is 0 Å². The van der Waals surface area contributed by atoms with E-state index in [1.165, 1.54) is 50.7 Å². The molecule has 1 fully saturated rings. The zero-order valence-corrected chi connectivity index (χ0v) is 16.5. The smallest absolute Gasteiger partial charge is 0.142 e. The van der Waals surface area contributed by atoms with Gasteiger partial charge in [0.1, 0.15) is 17.0 Å². The molecule has 1 saturated carbocycles. The lowest BCUT2D eigenvalue weighted by atomic mass is 9.71. The van der Waals surface area contributed by atoms with Crippen LogP contribution in [0, 0.1) is 51.9 Å². The molecule has 1 atom stereocenters. The number of benzene rings is 1. The van der Waals surface area contributed by atoms with Crippen molar-refractivity contribution in [2.45, 2.75) is 63.2 Å². The summed E-state index contributed by atoms with van der Waals surface area (Å²) in [6.45, 7) is 2.30. The highest BCUT2D eigenvalue weighted by Crippen LogP contribution is 2.40. The predicted molar refractivity (Wildman–Crippen MR) is 106 cm³/mol. The van der Waals surface area contributed by atoms with E-state index in [0.717, 1.165) is 36.2 Å². The Morgan fingerprint density at radius 1 is 1.04 bits per heavy atom. The monoisotopic (exact) mass is 385 g/mol. The van der Waals surface area contributed by atoms with Gasteiger partial charge in [-0.05, 0) is 79.3 Å². The zero-order valence-electron chi connectivity index (χ0n) is 15.7. The van der Waals surface area contributed by atoms with Crippen LogP contribution in [-0.2, 0) is 0 Å². The fourth-order valence-corrected chi connectivity index (χ4v) is 4.80. The van der Waals surface area contributed by atoms with Crippen molar-refractivity contribution >= 4 is 11.8 Å². The molecule has 2 aliphatic carbocycles. The van der Waals surface area contributed by atoms with Crippen molar-refractivity contribution in [2.75, 3.05) is 0 Å². The van der Waals surface area contributed by atoms with E-state index in [2.05, 4.69) is 24.8 Å². The van der Waals surface area contributed by atoms with Crippen LogP contribution in [-0.4, -0.2) is 0 Å². The molecule has 0 spiro atoms. The second-order valence-corrected chi connectivity index (χ2v) is 8.46. The second kappa shape index (κ2) is 9.43. The normalized spacial score (nSPS) is 25.1. The van der Waals surface area contributed by atoms with Gasteiger partial charge in [0.2, 0.25) is 0 Å². The maximum absolute atomic E-state index is 13.9. The number of rotatable bonds is 3. The van der Waals surface area contributed by atoms with E-state index < -0.39 is 11.6 Å². The van der Waals surface area contributed by atoms with Crippen LogP contribution in [0.2, 0.25) is 0 Å². The maximum atomic E-state index is 13.9. The molecule has 0 saturated heterocycles. The molecule has 0 N–H and O–H groups in total. The Kier molecular flexibility index (Phi) is 6.97. The lowest BCUT2D eigenvalue weighted by Crippen LogP contribution is -2.23. The van der Waals surface area contributed by atoms with Gasteiger partial charge in [0.05, 0.1) is 4.90 Å². The number of nitrogens with zero attached hydrogens (tertiary/aromatic N) is 1. The molecule has 2 aliphatic rings. The van der Waals surface area contributed by atoms with Crippen molar-refractivity contribution in [3.05, 3.63) is 41.0 Å². The van der Waals surface area contributed by atoms with E-state index in [1.54, 1.807) is 5.40 Å². The maximum Gasteiger partial charge on any atom is 0.142 e. The summed E-state index contributed by atoms with van der Waals surface area (Å²) < 4.78 is 27.8. The van der Waals surface area contributed by atoms with Crippen LogP contribution in [0.15, 0.2) is 28.7 Å². The first-order valence-corrected chi connectivity index (χ1v) is 10.7. The Hall–Kier alpha value is -1.78. The minimum absolute atomic E-state index is 0.263. The van der Waals surface area contributed by atoms with E-state index in [1.807, 2.05) is 0 Å². The van der Waals surface area contributed by atoms with Crippen LogP contribution in [0.5, 0.6) is 0 Å². The topological polar surface area (TPSA) is 23.8 Å². The fourth-order valence-electron chi connectivity index (χ4n) is 4.39. The summed E-state index contributed by atoms with van der Waals surface area (Å²) in [6.07, 6.45) is 12.2. The van der Waals surface area contributed by atoms with E-state index in [-0.39, 0.29) is 4.90 Å². The molecule has 0 bridgehead atoms. The van der Waals surface area contributed by atoms with Gasteiger partial charge >= 0.3 is 0 Å². The largest absolute Gasteiger partial charge is 0.206 e. The molecule has 0 aromatic heterocycles. The van der Waals surface area contributed by atoms with E-state index in [0.29, 0.717) is 17.3 Å². The fraction of sp³-hybridized carbons (Fsp3) is 0.522. The first-order valence-electron chi connectivity index (χ1n) is 9.86. The van der Waals surface area contributed by atoms with Crippen LogP contribution < -0.4 is 0 Å². The molecular formula is C23H25F2NS. The van der Waals surface area contributed by atoms with Gasteiger partial charge < -0.3 is 0 Å². The van der Waals surface area contributed by atoms with Gasteiger partial charge in [0, 0.05) is 5.56 Å². The lowest BCUT2D eigenvalue weighted by Gasteiger charge is -2.34. The molecule has 1 unspecified atom stereocenters. The van der Waals surface area contributed by atoms with Crippen LogP contribution in [0.3, 0.4) is 0 Å². The van der Waals surface area contributed by atoms with E-state index >= 15 is 0 Å². The molecule has 0 amide bonds. The summed E-state index contributed by atoms with van der Waals surface area (Å²) >= 11 is 0.495. The Labute approximate surface area is 165 Å². The van der Waals surface area contributed by atoms with Crippen LogP contribution in [0.4, 0.5) is 8.78 Å². The van der Waals surface area contributed by atoms with Gasteiger partial charge in [-0.1, -0.05) is 44.1 Å². The van der Waals surface area contributed by atoms with E-state index in [4.69, 9.17) is 5.26 Å². The van der Waals surface area contributed by atoms with Gasteiger partial charge in [0.15, 0.2) is 0 Å². The second-order valence-electron chi connectivity index (χ2n) is 7.67. The Morgan fingerprint density at radius 2 is 1.74 bits per heavy atom. The Morgan fingerprint density at radius 3 is 2.30 bits per heavy atom. The van der Waals surface area contributed by atoms with Crippen molar-refractivity contribution < 1.29 is 8.78 Å². The third-order valence-electron chi connectivity index (χ3n) is 6.10. The summed E-state index contributed by atoms with van der Waals surface area (Å²) in [7, 11) is 0. The predicted octanol–water partition coefficient (Wildman–Crippen LogP) is 6.83. The van der Waals surface area contributed by atoms with Crippen LogP contribution in [0.1, 0.15) is 63.9 Å². The third-order valence-corrected chi connectivity index (χ3v) is 6.79. The average molecular weight is 386 g/mol. The summed E-state index contributed by atoms with van der Waals surface area (Å²) in [5.41, 5.74) is 1.39. The minimum atomic E-state index is -0.730. The number of nitriles is 1. The van der Waals surface area contributed by atoms with Crippen molar-refractivity contribution in [2.24, 2.45) is 17.8 Å². The number of halogens is 2. The summed E-state index contributed by atoms with van der Waals surface area (Å²) in [4.78, 5) is -0.263. The van der Waals surface area contributed by atoms with Gasteiger partial charge in [-0.25, -0.2) is 8.78 Å². The zero-order chi connectivity index (χ0) is 19.2. The highest BCUT2D eigenvalue weighted by Gasteiger charge is 2.27. The third kappa shape index (κ3) is 5.14. The molecule has 1 aromatic rings. The summed E-state index contributed by atoms with van der Waals surface area (Å²) in [5, 5.41) is 10.3. The molecule has 142 valence electrons. The van der Waals surface area contributed by atoms with Crippen molar-refractivity contribution in [3.63, 3.8) is 0 Å². The molecule has 1 aromatic carbocycles. The number of hydrogen-bond donors (Lipinski definition) is 0. The van der Waals surface area contributed by atoms with Crippen LogP contribution >= 0.6 is 11.8 Å². The quantitative estimate of drug-likeness (QED) is 0.323. The van der Waals surface area contributed by atoms with E-state index in [9.17, 15) is 8.78 Å². The first-order chi connectivity index (χ1) is 13.1. The van der Waals surface area contributed by atoms with Gasteiger partial charge in [-0.15, -0.1) is 0 Å².